The highest BCUT2D eigenvalue weighted by Crippen LogP contribution is 2.22. The van der Waals surface area contributed by atoms with Crippen molar-refractivity contribution in [3.63, 3.8) is 0 Å². The zero-order valence-corrected chi connectivity index (χ0v) is 8.82. The predicted octanol–water partition coefficient (Wildman–Crippen LogP) is 1.30. The van der Waals surface area contributed by atoms with Crippen LogP contribution in [0.25, 0.3) is 11.2 Å². The number of fused-ring (bicyclic) bond motifs is 1. The topological polar surface area (TPSA) is 69.6 Å². The third-order valence-electron chi connectivity index (χ3n) is 2.12. The van der Waals surface area contributed by atoms with Gasteiger partial charge in [-0.3, -0.25) is 0 Å². The second-order valence-corrected chi connectivity index (χ2v) is 4.34. The van der Waals surface area contributed by atoms with E-state index in [1.54, 1.807) is 10.9 Å². The molecule has 80 valence electrons. The van der Waals surface area contributed by atoms with E-state index in [0.29, 0.717) is 11.2 Å². The molecular weight excluding hydrogens is 197 g/mol. The first-order valence-electron chi connectivity index (χ1n) is 4.56. The molecule has 0 aliphatic rings. The van der Waals surface area contributed by atoms with Crippen molar-refractivity contribution in [1.29, 1.82) is 0 Å². The predicted molar refractivity (Wildman–Crippen MR) is 54.7 cm³/mol. The molecule has 0 aromatic carbocycles. The van der Waals surface area contributed by atoms with Crippen molar-refractivity contribution in [2.24, 2.45) is 0 Å². The van der Waals surface area contributed by atoms with Gasteiger partial charge in [0, 0.05) is 5.54 Å². The van der Waals surface area contributed by atoms with Crippen LogP contribution in [0.5, 0.6) is 0 Å². The molecule has 0 spiro atoms. The molecule has 0 radical (unpaired) electrons. The monoisotopic (exact) mass is 209 g/mol. The van der Waals surface area contributed by atoms with Crippen molar-refractivity contribution < 1.29 is 4.39 Å². The number of hydrogen-bond donors (Lipinski definition) is 1. The number of rotatable bonds is 0. The first kappa shape index (κ1) is 9.82. The molecule has 0 bridgehead atoms. The summed E-state index contributed by atoms with van der Waals surface area (Å²) in [5.41, 5.74) is 6.19. The van der Waals surface area contributed by atoms with E-state index in [0.717, 1.165) is 0 Å². The summed E-state index contributed by atoms with van der Waals surface area (Å²) in [5.74, 6) is 0.0699. The van der Waals surface area contributed by atoms with E-state index < -0.39 is 6.08 Å². The zero-order chi connectivity index (χ0) is 11.2. The molecule has 2 rings (SSSR count). The maximum absolute atomic E-state index is 13.0. The average Bonchev–Trinajstić information content (AvgIpc) is 2.45. The molecule has 2 aromatic heterocycles. The normalized spacial score (nSPS) is 12.3. The quantitative estimate of drug-likeness (QED) is 0.664. The second kappa shape index (κ2) is 2.88. The number of halogens is 1. The number of nitrogens with zero attached hydrogens (tertiary/aromatic N) is 4. The van der Waals surface area contributed by atoms with E-state index >= 15 is 0 Å². The van der Waals surface area contributed by atoms with Crippen molar-refractivity contribution in [1.82, 2.24) is 19.5 Å². The molecule has 0 saturated heterocycles. The zero-order valence-electron chi connectivity index (χ0n) is 8.82. The second-order valence-electron chi connectivity index (χ2n) is 4.34. The molecule has 2 heterocycles. The van der Waals surface area contributed by atoms with Gasteiger partial charge in [0.1, 0.15) is 5.52 Å². The van der Waals surface area contributed by atoms with Gasteiger partial charge in [-0.05, 0) is 20.8 Å². The van der Waals surface area contributed by atoms with E-state index in [1.807, 2.05) is 20.8 Å². The molecule has 0 atom stereocenters. The maximum atomic E-state index is 13.0. The molecule has 0 aliphatic heterocycles. The summed E-state index contributed by atoms with van der Waals surface area (Å²) in [4.78, 5) is 11.2. The van der Waals surface area contributed by atoms with Crippen LogP contribution in [0.15, 0.2) is 6.33 Å². The number of imidazole rings is 1. The smallest absolute Gasteiger partial charge is 0.312 e. The molecule has 2 N–H and O–H groups in total. The molecule has 0 aliphatic carbocycles. The summed E-state index contributed by atoms with van der Waals surface area (Å²) in [7, 11) is 0. The Morgan fingerprint density at radius 3 is 2.60 bits per heavy atom. The van der Waals surface area contributed by atoms with E-state index in [-0.39, 0.29) is 11.4 Å². The van der Waals surface area contributed by atoms with Crippen molar-refractivity contribution in [3.8, 4) is 0 Å². The highest BCUT2D eigenvalue weighted by Gasteiger charge is 2.19. The van der Waals surface area contributed by atoms with Crippen LogP contribution in [0.1, 0.15) is 20.8 Å². The minimum Gasteiger partial charge on any atom is -0.382 e. The number of nitrogen functional groups attached to an aromatic ring is 1. The summed E-state index contributed by atoms with van der Waals surface area (Å²) >= 11 is 0. The molecular formula is C9H12FN5. The fourth-order valence-electron chi connectivity index (χ4n) is 1.39. The van der Waals surface area contributed by atoms with Crippen molar-refractivity contribution in [3.05, 3.63) is 12.4 Å². The number of aromatic nitrogens is 4. The summed E-state index contributed by atoms with van der Waals surface area (Å²) in [6.07, 6.45) is 0.765. The molecule has 6 heteroatoms. The van der Waals surface area contributed by atoms with Crippen LogP contribution in [0.3, 0.4) is 0 Å². The first-order valence-corrected chi connectivity index (χ1v) is 4.56. The third kappa shape index (κ3) is 1.51. The van der Waals surface area contributed by atoms with Crippen LogP contribution < -0.4 is 5.73 Å². The Morgan fingerprint density at radius 1 is 1.33 bits per heavy atom. The number of nitrogens with two attached hydrogens (primary N) is 1. The molecule has 0 fully saturated rings. The van der Waals surface area contributed by atoms with Gasteiger partial charge in [-0.25, -0.2) is 4.98 Å². The van der Waals surface area contributed by atoms with Gasteiger partial charge >= 0.3 is 6.08 Å². The summed E-state index contributed by atoms with van der Waals surface area (Å²) in [6, 6.07) is 0. The van der Waals surface area contributed by atoms with E-state index in [2.05, 4.69) is 15.0 Å². The minimum atomic E-state index is -0.828. The highest BCUT2D eigenvalue weighted by atomic mass is 19.1. The van der Waals surface area contributed by atoms with E-state index in [4.69, 9.17) is 5.73 Å². The van der Waals surface area contributed by atoms with E-state index in [1.165, 1.54) is 0 Å². The van der Waals surface area contributed by atoms with Gasteiger partial charge < -0.3 is 10.3 Å². The summed E-state index contributed by atoms with van der Waals surface area (Å²) in [6.45, 7) is 5.93. The number of anilines is 1. The summed E-state index contributed by atoms with van der Waals surface area (Å²) in [5, 5.41) is 0. The van der Waals surface area contributed by atoms with Crippen LogP contribution in [-0.2, 0) is 5.54 Å². The lowest BCUT2D eigenvalue weighted by molar-refractivity contribution is 0.404. The van der Waals surface area contributed by atoms with Crippen molar-refractivity contribution >= 4 is 17.0 Å². The van der Waals surface area contributed by atoms with Gasteiger partial charge in [-0.15, -0.1) is 0 Å². The summed E-state index contributed by atoms with van der Waals surface area (Å²) < 4.78 is 14.8. The largest absolute Gasteiger partial charge is 0.382 e. The molecule has 2 aromatic rings. The lowest BCUT2D eigenvalue weighted by Crippen LogP contribution is -2.21. The van der Waals surface area contributed by atoms with Gasteiger partial charge in [-0.1, -0.05) is 0 Å². The molecule has 0 unspecified atom stereocenters. The van der Waals surface area contributed by atoms with Gasteiger partial charge in [0.15, 0.2) is 11.5 Å². The number of hydrogen-bond acceptors (Lipinski definition) is 4. The van der Waals surface area contributed by atoms with Crippen molar-refractivity contribution in [2.45, 2.75) is 26.3 Å². The Bertz CT molecular complexity index is 511. The third-order valence-corrected chi connectivity index (χ3v) is 2.12. The van der Waals surface area contributed by atoms with E-state index in [9.17, 15) is 4.39 Å². The van der Waals surface area contributed by atoms with Crippen LogP contribution in [0.2, 0.25) is 0 Å². The van der Waals surface area contributed by atoms with Crippen LogP contribution >= 0.6 is 0 Å². The highest BCUT2D eigenvalue weighted by molar-refractivity contribution is 5.81. The van der Waals surface area contributed by atoms with Gasteiger partial charge in [-0.2, -0.15) is 14.4 Å². The molecule has 15 heavy (non-hydrogen) atoms. The Kier molecular flexibility index (Phi) is 1.89. The fraction of sp³-hybridized carbons (Fsp3) is 0.444. The van der Waals surface area contributed by atoms with Gasteiger partial charge in [0.2, 0.25) is 0 Å². The Balaban J connectivity index is 2.80. The SMILES string of the molecule is CC(C)(C)n1cnc2c(N)nc(F)nc21. The van der Waals surface area contributed by atoms with Crippen LogP contribution in [0, 0.1) is 6.08 Å². The molecule has 0 amide bonds. The van der Waals surface area contributed by atoms with Gasteiger partial charge in [0.25, 0.3) is 0 Å². The molecule has 0 saturated carbocycles. The lowest BCUT2D eigenvalue weighted by Gasteiger charge is -2.20. The first-order chi connectivity index (χ1) is 6.89. The Labute approximate surface area is 86.2 Å². The Morgan fingerprint density at radius 2 is 2.00 bits per heavy atom. The minimum absolute atomic E-state index is 0.0699. The lowest BCUT2D eigenvalue weighted by atomic mass is 10.1. The van der Waals surface area contributed by atoms with Crippen molar-refractivity contribution in [2.75, 3.05) is 5.73 Å². The van der Waals surface area contributed by atoms with Gasteiger partial charge in [0.05, 0.1) is 6.33 Å². The standard InChI is InChI=1S/C9H12FN5/c1-9(2,3)15-4-12-5-6(11)13-8(10)14-7(5)15/h4H,1-3H3,(H2,11,13,14). The average molecular weight is 209 g/mol. The Hall–Kier alpha value is -1.72. The molecule has 5 nitrogen and oxygen atoms in total. The van der Waals surface area contributed by atoms with Crippen LogP contribution in [-0.4, -0.2) is 19.5 Å². The van der Waals surface area contributed by atoms with Crippen LogP contribution in [0.4, 0.5) is 10.2 Å². The maximum Gasteiger partial charge on any atom is 0.312 e. The fourth-order valence-corrected chi connectivity index (χ4v) is 1.39.